The molecule has 2 aromatic heterocycles. The molecule has 0 saturated carbocycles. The van der Waals surface area contributed by atoms with Gasteiger partial charge in [-0.25, -0.2) is 0 Å². The molecular weight excluding hydrogens is 224 g/mol. The molecule has 0 spiro atoms. The monoisotopic (exact) mass is 236 g/mol. The van der Waals surface area contributed by atoms with E-state index in [2.05, 4.69) is 4.98 Å². The summed E-state index contributed by atoms with van der Waals surface area (Å²) in [6.07, 6.45) is 5.25. The summed E-state index contributed by atoms with van der Waals surface area (Å²) < 4.78 is 2.04. The number of carbonyl (C=O) groups is 1. The van der Waals surface area contributed by atoms with Gasteiger partial charge in [-0.1, -0.05) is 0 Å². The molecule has 0 N–H and O–H groups in total. The Hall–Kier alpha value is -2.42. The lowest BCUT2D eigenvalue weighted by atomic mass is 10.0. The van der Waals surface area contributed by atoms with Gasteiger partial charge in [-0.15, -0.1) is 0 Å². The number of fused-ring (bicyclic) bond motifs is 1. The molecule has 0 radical (unpaired) electrons. The molecule has 3 rings (SSSR count). The molecular formula is C15H12N2O. The number of rotatable bonds is 2. The number of carbonyl (C=O) groups excluding carboxylic acids is 1. The van der Waals surface area contributed by atoms with Crippen molar-refractivity contribution in [2.24, 2.45) is 7.05 Å². The maximum atomic E-state index is 12.2. The van der Waals surface area contributed by atoms with Crippen molar-refractivity contribution in [3.05, 3.63) is 66.1 Å². The van der Waals surface area contributed by atoms with Crippen molar-refractivity contribution in [1.82, 2.24) is 9.55 Å². The first-order valence-corrected chi connectivity index (χ1v) is 5.75. The highest BCUT2D eigenvalue weighted by Gasteiger charge is 2.10. The number of pyridine rings is 1. The number of hydrogen-bond donors (Lipinski definition) is 0. The number of aromatic nitrogens is 2. The van der Waals surface area contributed by atoms with Gasteiger partial charge in [-0.05, 0) is 36.4 Å². The predicted molar refractivity (Wildman–Crippen MR) is 70.6 cm³/mol. The van der Waals surface area contributed by atoms with Crippen LogP contribution >= 0.6 is 0 Å². The summed E-state index contributed by atoms with van der Waals surface area (Å²) >= 11 is 0. The Morgan fingerprint density at radius 2 is 2.06 bits per heavy atom. The fourth-order valence-electron chi connectivity index (χ4n) is 2.09. The predicted octanol–water partition coefficient (Wildman–Crippen LogP) is 2.80. The van der Waals surface area contributed by atoms with Crippen LogP contribution in [0, 0.1) is 0 Å². The van der Waals surface area contributed by atoms with E-state index in [-0.39, 0.29) is 5.78 Å². The molecule has 0 atom stereocenters. The van der Waals surface area contributed by atoms with Gasteiger partial charge in [-0.3, -0.25) is 9.78 Å². The van der Waals surface area contributed by atoms with Crippen LogP contribution in [-0.4, -0.2) is 15.3 Å². The second-order valence-electron chi connectivity index (χ2n) is 4.27. The van der Waals surface area contributed by atoms with Crippen molar-refractivity contribution in [2.75, 3.05) is 0 Å². The van der Waals surface area contributed by atoms with Crippen molar-refractivity contribution < 1.29 is 4.79 Å². The molecule has 0 fully saturated rings. The lowest BCUT2D eigenvalue weighted by Crippen LogP contribution is -2.01. The quantitative estimate of drug-likeness (QED) is 0.641. The largest absolute Gasteiger partial charge is 0.351 e. The number of nitrogens with zero attached hydrogens (tertiary/aromatic N) is 2. The third kappa shape index (κ3) is 1.70. The van der Waals surface area contributed by atoms with Crippen molar-refractivity contribution in [2.45, 2.75) is 0 Å². The summed E-state index contributed by atoms with van der Waals surface area (Å²) in [5.41, 5.74) is 2.44. The molecule has 0 unspecified atom stereocenters. The SMILES string of the molecule is Cn1ccc2cc(C(=O)c3cccnc3)ccc21. The Bertz CT molecular complexity index is 714. The van der Waals surface area contributed by atoms with E-state index in [9.17, 15) is 4.79 Å². The van der Waals surface area contributed by atoms with Gasteiger partial charge in [0.2, 0.25) is 0 Å². The molecule has 18 heavy (non-hydrogen) atoms. The summed E-state index contributed by atoms with van der Waals surface area (Å²) in [4.78, 5) is 16.2. The van der Waals surface area contributed by atoms with Gasteiger partial charge >= 0.3 is 0 Å². The molecule has 88 valence electrons. The van der Waals surface area contributed by atoms with E-state index in [0.29, 0.717) is 11.1 Å². The first-order chi connectivity index (χ1) is 8.75. The highest BCUT2D eigenvalue weighted by molar-refractivity contribution is 6.10. The average Bonchev–Trinajstić information content (AvgIpc) is 2.80. The zero-order valence-corrected chi connectivity index (χ0v) is 10.00. The van der Waals surface area contributed by atoms with E-state index in [1.165, 1.54) is 0 Å². The van der Waals surface area contributed by atoms with E-state index in [4.69, 9.17) is 0 Å². The molecule has 0 amide bonds. The Labute approximate surface area is 105 Å². The maximum Gasteiger partial charge on any atom is 0.194 e. The Kier molecular flexibility index (Phi) is 2.45. The van der Waals surface area contributed by atoms with Crippen molar-refractivity contribution >= 4 is 16.7 Å². The minimum atomic E-state index is 0.00820. The Morgan fingerprint density at radius 1 is 1.17 bits per heavy atom. The lowest BCUT2D eigenvalue weighted by Gasteiger charge is -2.02. The van der Waals surface area contributed by atoms with Gasteiger partial charge in [-0.2, -0.15) is 0 Å². The Balaban J connectivity index is 2.07. The normalized spacial score (nSPS) is 10.7. The molecule has 1 aromatic carbocycles. The van der Waals surface area contributed by atoms with Gasteiger partial charge in [0.1, 0.15) is 0 Å². The van der Waals surface area contributed by atoms with Crippen molar-refractivity contribution in [1.29, 1.82) is 0 Å². The van der Waals surface area contributed by atoms with E-state index in [0.717, 1.165) is 10.9 Å². The molecule has 2 heterocycles. The van der Waals surface area contributed by atoms with Crippen LogP contribution in [0.25, 0.3) is 10.9 Å². The van der Waals surface area contributed by atoms with Gasteiger partial charge < -0.3 is 4.57 Å². The summed E-state index contributed by atoms with van der Waals surface area (Å²) in [7, 11) is 1.99. The van der Waals surface area contributed by atoms with Crippen LogP contribution in [0.4, 0.5) is 0 Å². The molecule has 0 aliphatic carbocycles. The van der Waals surface area contributed by atoms with Gasteiger partial charge in [0.05, 0.1) is 0 Å². The molecule has 0 bridgehead atoms. The third-order valence-corrected chi connectivity index (χ3v) is 3.07. The first-order valence-electron chi connectivity index (χ1n) is 5.75. The minimum absolute atomic E-state index is 0.00820. The zero-order valence-electron chi connectivity index (χ0n) is 10.00. The molecule has 0 aliphatic heterocycles. The molecule has 0 aliphatic rings. The minimum Gasteiger partial charge on any atom is -0.351 e. The van der Waals surface area contributed by atoms with E-state index in [1.807, 2.05) is 42.1 Å². The number of ketones is 1. The molecule has 3 aromatic rings. The molecule has 3 nitrogen and oxygen atoms in total. The Morgan fingerprint density at radius 3 is 2.83 bits per heavy atom. The summed E-state index contributed by atoms with van der Waals surface area (Å²) in [6.45, 7) is 0. The molecule has 3 heteroatoms. The smallest absolute Gasteiger partial charge is 0.194 e. The van der Waals surface area contributed by atoms with Crippen LogP contribution in [0.5, 0.6) is 0 Å². The van der Waals surface area contributed by atoms with Crippen LogP contribution < -0.4 is 0 Å². The van der Waals surface area contributed by atoms with Crippen LogP contribution in [0.1, 0.15) is 15.9 Å². The van der Waals surface area contributed by atoms with Gasteiger partial charge in [0.25, 0.3) is 0 Å². The summed E-state index contributed by atoms with van der Waals surface area (Å²) in [6, 6.07) is 11.3. The number of benzene rings is 1. The van der Waals surface area contributed by atoms with E-state index >= 15 is 0 Å². The highest BCUT2D eigenvalue weighted by Crippen LogP contribution is 2.18. The second-order valence-corrected chi connectivity index (χ2v) is 4.27. The van der Waals surface area contributed by atoms with E-state index < -0.39 is 0 Å². The fraction of sp³-hybridized carbons (Fsp3) is 0.0667. The number of hydrogen-bond acceptors (Lipinski definition) is 2. The topological polar surface area (TPSA) is 34.9 Å². The van der Waals surface area contributed by atoms with E-state index in [1.54, 1.807) is 24.5 Å². The lowest BCUT2D eigenvalue weighted by molar-refractivity contribution is 0.103. The molecule has 0 saturated heterocycles. The third-order valence-electron chi connectivity index (χ3n) is 3.07. The first kappa shape index (κ1) is 10.7. The summed E-state index contributed by atoms with van der Waals surface area (Å²) in [5.74, 6) is 0.00820. The van der Waals surface area contributed by atoms with Crippen LogP contribution in [-0.2, 0) is 7.05 Å². The van der Waals surface area contributed by atoms with Gasteiger partial charge in [0, 0.05) is 47.7 Å². The van der Waals surface area contributed by atoms with Crippen molar-refractivity contribution in [3.8, 4) is 0 Å². The zero-order chi connectivity index (χ0) is 12.5. The van der Waals surface area contributed by atoms with Crippen LogP contribution in [0.15, 0.2) is 55.0 Å². The summed E-state index contributed by atoms with van der Waals surface area (Å²) in [5, 5.41) is 1.08. The fourth-order valence-corrected chi connectivity index (χ4v) is 2.09. The number of aryl methyl sites for hydroxylation is 1. The van der Waals surface area contributed by atoms with Gasteiger partial charge in [0.15, 0.2) is 5.78 Å². The standard InChI is InChI=1S/C15H12N2O/c1-17-8-6-11-9-12(4-5-14(11)17)15(18)13-3-2-7-16-10-13/h2-10H,1H3. The second kappa shape index (κ2) is 4.11. The van der Waals surface area contributed by atoms with Crippen molar-refractivity contribution in [3.63, 3.8) is 0 Å². The van der Waals surface area contributed by atoms with Crippen LogP contribution in [0.3, 0.4) is 0 Å². The van der Waals surface area contributed by atoms with Crippen LogP contribution in [0.2, 0.25) is 0 Å². The maximum absolute atomic E-state index is 12.2. The average molecular weight is 236 g/mol. The highest BCUT2D eigenvalue weighted by atomic mass is 16.1.